The predicted octanol–water partition coefficient (Wildman–Crippen LogP) is 4.35. The Kier molecular flexibility index (Phi) is 7.26. The van der Waals surface area contributed by atoms with E-state index in [4.69, 9.17) is 0 Å². The second-order valence-electron chi connectivity index (χ2n) is 6.26. The monoisotopic (exact) mass is 355 g/mol. The standard InChI is InChI=1S/C21H25NO2S/c1-15-6-7-16(2)21(13-15)25-14-20(24)19-10-8-18(9-11-19)5-4-12-22-17(3)23/h6-11,13H,4-5,12,14H2,1-3H3,(H,22,23). The molecule has 0 saturated carbocycles. The molecule has 1 N–H and O–H groups in total. The number of Topliss-reactive ketones (excluding diaryl/α,β-unsaturated/α-hetero) is 1. The maximum Gasteiger partial charge on any atom is 0.216 e. The molecule has 0 aliphatic carbocycles. The minimum Gasteiger partial charge on any atom is -0.356 e. The molecule has 0 atom stereocenters. The highest BCUT2D eigenvalue weighted by molar-refractivity contribution is 8.00. The summed E-state index contributed by atoms with van der Waals surface area (Å²) in [5.74, 6) is 0.601. The van der Waals surface area contributed by atoms with Gasteiger partial charge in [-0.25, -0.2) is 0 Å². The molecule has 0 radical (unpaired) electrons. The summed E-state index contributed by atoms with van der Waals surface area (Å²) >= 11 is 1.60. The lowest BCUT2D eigenvalue weighted by atomic mass is 10.1. The SMILES string of the molecule is CC(=O)NCCCc1ccc(C(=O)CSc2cc(C)ccc2C)cc1. The van der Waals surface area contributed by atoms with Crippen LogP contribution in [0.5, 0.6) is 0 Å². The van der Waals surface area contributed by atoms with Crippen LogP contribution in [0.25, 0.3) is 0 Å². The number of hydrogen-bond donors (Lipinski definition) is 1. The Labute approximate surface area is 154 Å². The maximum absolute atomic E-state index is 12.4. The first kappa shape index (κ1) is 19.3. The lowest BCUT2D eigenvalue weighted by Gasteiger charge is -2.07. The summed E-state index contributed by atoms with van der Waals surface area (Å²) in [5, 5.41) is 2.79. The zero-order chi connectivity index (χ0) is 18.2. The number of carbonyl (C=O) groups excluding carboxylic acids is 2. The van der Waals surface area contributed by atoms with Gasteiger partial charge in [0.25, 0.3) is 0 Å². The van der Waals surface area contributed by atoms with E-state index < -0.39 is 0 Å². The number of aryl methyl sites for hydroxylation is 3. The van der Waals surface area contributed by atoms with Crippen LogP contribution < -0.4 is 5.32 Å². The zero-order valence-corrected chi connectivity index (χ0v) is 15.9. The molecule has 2 aromatic carbocycles. The van der Waals surface area contributed by atoms with Crippen LogP contribution in [-0.2, 0) is 11.2 Å². The van der Waals surface area contributed by atoms with Gasteiger partial charge in [-0.15, -0.1) is 11.8 Å². The van der Waals surface area contributed by atoms with Gasteiger partial charge in [0, 0.05) is 23.9 Å². The summed E-state index contributed by atoms with van der Waals surface area (Å²) in [6, 6.07) is 14.1. The van der Waals surface area contributed by atoms with Gasteiger partial charge < -0.3 is 5.32 Å². The molecule has 2 aromatic rings. The van der Waals surface area contributed by atoms with Crippen LogP contribution in [-0.4, -0.2) is 24.0 Å². The molecule has 0 bridgehead atoms. The van der Waals surface area contributed by atoms with Crippen molar-refractivity contribution in [1.29, 1.82) is 0 Å². The number of benzene rings is 2. The summed E-state index contributed by atoms with van der Waals surface area (Å²) in [6.07, 6.45) is 1.79. The third kappa shape index (κ3) is 6.39. The van der Waals surface area contributed by atoms with Gasteiger partial charge in [0.1, 0.15) is 0 Å². The average molecular weight is 356 g/mol. The van der Waals surface area contributed by atoms with Crippen molar-refractivity contribution >= 4 is 23.5 Å². The quantitative estimate of drug-likeness (QED) is 0.435. The Bertz CT molecular complexity index is 738. The molecule has 4 heteroatoms. The fraction of sp³-hybridized carbons (Fsp3) is 0.333. The van der Waals surface area contributed by atoms with E-state index in [1.54, 1.807) is 11.8 Å². The number of nitrogens with one attached hydrogen (secondary N) is 1. The smallest absolute Gasteiger partial charge is 0.216 e. The molecule has 0 unspecified atom stereocenters. The van der Waals surface area contributed by atoms with Gasteiger partial charge >= 0.3 is 0 Å². The summed E-state index contributed by atoms with van der Waals surface area (Å²) in [4.78, 5) is 24.4. The van der Waals surface area contributed by atoms with Crippen LogP contribution in [0.4, 0.5) is 0 Å². The minimum atomic E-state index is 0.00212. The van der Waals surface area contributed by atoms with Gasteiger partial charge in [-0.05, 0) is 43.9 Å². The second kappa shape index (κ2) is 9.42. The Morgan fingerprint density at radius 1 is 1.04 bits per heavy atom. The number of hydrogen-bond acceptors (Lipinski definition) is 3. The van der Waals surface area contributed by atoms with Gasteiger partial charge in [0.05, 0.1) is 5.75 Å². The van der Waals surface area contributed by atoms with Crippen molar-refractivity contribution in [3.05, 3.63) is 64.7 Å². The van der Waals surface area contributed by atoms with Crippen LogP contribution in [0.3, 0.4) is 0 Å². The highest BCUT2D eigenvalue weighted by Gasteiger charge is 2.08. The van der Waals surface area contributed by atoms with E-state index in [1.165, 1.54) is 28.5 Å². The summed E-state index contributed by atoms with van der Waals surface area (Å²) < 4.78 is 0. The Balaban J connectivity index is 1.85. The molecule has 0 spiro atoms. The Hall–Kier alpha value is -2.07. The van der Waals surface area contributed by atoms with Crippen molar-refractivity contribution < 1.29 is 9.59 Å². The number of amides is 1. The van der Waals surface area contributed by atoms with Crippen molar-refractivity contribution in [2.24, 2.45) is 0 Å². The van der Waals surface area contributed by atoms with Gasteiger partial charge in [0.15, 0.2) is 5.78 Å². The van der Waals surface area contributed by atoms with Gasteiger partial charge in [-0.2, -0.15) is 0 Å². The van der Waals surface area contributed by atoms with Crippen LogP contribution in [0.15, 0.2) is 47.4 Å². The van der Waals surface area contributed by atoms with Gasteiger partial charge in [0.2, 0.25) is 5.91 Å². The normalized spacial score (nSPS) is 10.5. The van der Waals surface area contributed by atoms with Crippen molar-refractivity contribution in [3.8, 4) is 0 Å². The topological polar surface area (TPSA) is 46.2 Å². The van der Waals surface area contributed by atoms with Crippen molar-refractivity contribution in [3.63, 3.8) is 0 Å². The Morgan fingerprint density at radius 3 is 2.44 bits per heavy atom. The largest absolute Gasteiger partial charge is 0.356 e. The number of carbonyl (C=O) groups is 2. The molecule has 0 fully saturated rings. The molecule has 132 valence electrons. The molecule has 0 aromatic heterocycles. The van der Waals surface area contributed by atoms with E-state index in [9.17, 15) is 9.59 Å². The van der Waals surface area contributed by atoms with Crippen LogP contribution in [0.2, 0.25) is 0 Å². The van der Waals surface area contributed by atoms with Crippen LogP contribution >= 0.6 is 11.8 Å². The predicted molar refractivity (Wildman–Crippen MR) is 104 cm³/mol. The molecule has 25 heavy (non-hydrogen) atoms. The van der Waals surface area contributed by atoms with Gasteiger partial charge in [-0.1, -0.05) is 42.0 Å². The molecule has 1 amide bonds. The fourth-order valence-corrected chi connectivity index (χ4v) is 3.52. The van der Waals surface area contributed by atoms with Crippen molar-refractivity contribution in [1.82, 2.24) is 5.32 Å². The second-order valence-corrected chi connectivity index (χ2v) is 7.28. The third-order valence-electron chi connectivity index (χ3n) is 3.99. The fourth-order valence-electron chi connectivity index (χ4n) is 2.50. The van der Waals surface area contributed by atoms with E-state index in [0.717, 1.165) is 18.4 Å². The van der Waals surface area contributed by atoms with Crippen LogP contribution in [0.1, 0.15) is 40.4 Å². The summed E-state index contributed by atoms with van der Waals surface area (Å²) in [5.41, 5.74) is 4.36. The number of rotatable bonds is 8. The molecule has 3 nitrogen and oxygen atoms in total. The lowest BCUT2D eigenvalue weighted by Crippen LogP contribution is -2.21. The minimum absolute atomic E-state index is 0.00212. The van der Waals surface area contributed by atoms with E-state index in [2.05, 4.69) is 37.4 Å². The molecular weight excluding hydrogens is 330 g/mol. The van der Waals surface area contributed by atoms with Crippen molar-refractivity contribution in [2.75, 3.05) is 12.3 Å². The van der Waals surface area contributed by atoms with E-state index in [0.29, 0.717) is 12.3 Å². The van der Waals surface area contributed by atoms with E-state index in [-0.39, 0.29) is 11.7 Å². The zero-order valence-electron chi connectivity index (χ0n) is 15.1. The first-order valence-electron chi connectivity index (χ1n) is 8.52. The summed E-state index contributed by atoms with van der Waals surface area (Å²) in [7, 11) is 0. The van der Waals surface area contributed by atoms with Gasteiger partial charge in [-0.3, -0.25) is 9.59 Å². The lowest BCUT2D eigenvalue weighted by molar-refractivity contribution is -0.118. The molecule has 0 aliphatic rings. The molecule has 0 aliphatic heterocycles. The molecule has 0 heterocycles. The van der Waals surface area contributed by atoms with Crippen molar-refractivity contribution in [2.45, 2.75) is 38.5 Å². The van der Waals surface area contributed by atoms with Crippen LogP contribution in [0, 0.1) is 13.8 Å². The summed E-state index contributed by atoms with van der Waals surface area (Å²) in [6.45, 7) is 6.34. The molecule has 0 saturated heterocycles. The maximum atomic E-state index is 12.4. The first-order valence-corrected chi connectivity index (χ1v) is 9.51. The molecule has 2 rings (SSSR count). The number of ketones is 1. The highest BCUT2D eigenvalue weighted by atomic mass is 32.2. The van der Waals surface area contributed by atoms with E-state index in [1.807, 2.05) is 24.3 Å². The molecular formula is C21H25NO2S. The highest BCUT2D eigenvalue weighted by Crippen LogP contribution is 2.24. The first-order chi connectivity index (χ1) is 12.0. The Morgan fingerprint density at radius 2 is 1.76 bits per heavy atom. The third-order valence-corrected chi connectivity index (χ3v) is 5.15. The number of thioether (sulfide) groups is 1. The average Bonchev–Trinajstić information content (AvgIpc) is 2.59. The van der Waals surface area contributed by atoms with E-state index >= 15 is 0 Å².